The van der Waals surface area contributed by atoms with Crippen LogP contribution in [0.1, 0.15) is 19.3 Å². The zero-order valence-corrected chi connectivity index (χ0v) is 12.6. The maximum Gasteiger partial charge on any atom is 0.354 e. The van der Waals surface area contributed by atoms with Gasteiger partial charge in [0.1, 0.15) is 5.17 Å². The lowest BCUT2D eigenvalue weighted by molar-refractivity contribution is -0.135. The molecule has 0 radical (unpaired) electrons. The Balaban J connectivity index is 3.08. The number of aliphatic carboxylic acids is 2. The van der Waals surface area contributed by atoms with Crippen LogP contribution < -0.4 is 0 Å². The van der Waals surface area contributed by atoms with E-state index in [9.17, 15) is 14.7 Å². The van der Waals surface area contributed by atoms with Gasteiger partial charge in [-0.25, -0.2) is 14.6 Å². The number of aliphatic hydroxyl groups excluding tert-OH is 2. The summed E-state index contributed by atoms with van der Waals surface area (Å²) < 4.78 is 0. The Morgan fingerprint density at radius 3 is 2.27 bits per heavy atom. The second kappa shape index (κ2) is 8.84. The summed E-state index contributed by atoms with van der Waals surface area (Å²) in [4.78, 5) is 27.0. The Labute approximate surface area is 132 Å². The van der Waals surface area contributed by atoms with Gasteiger partial charge >= 0.3 is 11.9 Å². The third kappa shape index (κ3) is 5.38. The molecule has 1 rings (SSSR count). The van der Waals surface area contributed by atoms with Crippen LogP contribution >= 0.6 is 11.6 Å². The number of likely N-dealkylation sites (tertiary alicyclic amines) is 1. The summed E-state index contributed by atoms with van der Waals surface area (Å²) in [6.45, 7) is 0.676. The van der Waals surface area contributed by atoms with Gasteiger partial charge in [0.05, 0.1) is 24.8 Å². The van der Waals surface area contributed by atoms with Crippen LogP contribution in [0.2, 0.25) is 0 Å². The first-order chi connectivity index (χ1) is 10.4. The lowest BCUT2D eigenvalue weighted by Gasteiger charge is -2.35. The molecule has 8 nitrogen and oxygen atoms in total. The molecule has 22 heavy (non-hydrogen) atoms. The third-order valence-corrected chi connectivity index (χ3v) is 3.59. The minimum atomic E-state index is -1.54. The monoisotopic (exact) mass is 334 g/mol. The van der Waals surface area contributed by atoms with Gasteiger partial charge < -0.3 is 20.4 Å². The van der Waals surface area contributed by atoms with Crippen molar-refractivity contribution >= 4 is 28.7 Å². The maximum absolute atomic E-state index is 11.0. The van der Waals surface area contributed by atoms with Gasteiger partial charge in [-0.1, -0.05) is 18.0 Å². The van der Waals surface area contributed by atoms with Gasteiger partial charge in [0.25, 0.3) is 0 Å². The number of carbonyl (C=O) groups is 2. The molecule has 9 heteroatoms. The van der Waals surface area contributed by atoms with Crippen molar-refractivity contribution < 1.29 is 30.0 Å². The Hall–Kier alpha value is -1.48. The molecule has 2 atom stereocenters. The second-order valence-electron chi connectivity index (χ2n) is 4.90. The highest BCUT2D eigenvalue weighted by atomic mass is 35.5. The molecule has 0 saturated carbocycles. The molecule has 124 valence electrons. The zero-order valence-electron chi connectivity index (χ0n) is 11.9. The summed E-state index contributed by atoms with van der Waals surface area (Å²) in [5.74, 6) is -3.01. The molecule has 0 spiro atoms. The molecular weight excluding hydrogens is 316 g/mol. The molecule has 0 bridgehead atoms. The number of rotatable bonds is 7. The van der Waals surface area contributed by atoms with Crippen molar-refractivity contribution in [3.8, 4) is 0 Å². The number of nitrogens with zero attached hydrogens (tertiary/aromatic N) is 2. The first kappa shape index (κ1) is 18.6. The Morgan fingerprint density at radius 2 is 1.82 bits per heavy atom. The SMILES string of the molecule is O=C(O)C=C(N=C(Cl)C(C(O)CO)N1CCCCC1)C(=O)O. The van der Waals surface area contributed by atoms with Crippen molar-refractivity contribution in [3.63, 3.8) is 0 Å². The van der Waals surface area contributed by atoms with E-state index < -0.39 is 36.4 Å². The van der Waals surface area contributed by atoms with E-state index in [-0.39, 0.29) is 5.17 Å². The highest BCUT2D eigenvalue weighted by Gasteiger charge is 2.31. The van der Waals surface area contributed by atoms with Gasteiger partial charge in [-0.2, -0.15) is 0 Å². The van der Waals surface area contributed by atoms with Crippen molar-refractivity contribution in [2.45, 2.75) is 31.4 Å². The molecule has 0 aromatic heterocycles. The number of halogens is 1. The lowest BCUT2D eigenvalue weighted by atomic mass is 10.1. The second-order valence-corrected chi connectivity index (χ2v) is 5.29. The summed E-state index contributed by atoms with van der Waals surface area (Å²) in [5, 5.41) is 36.4. The number of carboxylic acids is 2. The summed E-state index contributed by atoms with van der Waals surface area (Å²) in [5.41, 5.74) is -0.746. The van der Waals surface area contributed by atoms with Gasteiger partial charge in [-0.15, -0.1) is 0 Å². The zero-order chi connectivity index (χ0) is 16.7. The molecule has 1 aliphatic heterocycles. The van der Waals surface area contributed by atoms with Gasteiger partial charge in [0, 0.05) is 0 Å². The minimum Gasteiger partial charge on any atom is -0.478 e. The highest BCUT2D eigenvalue weighted by molar-refractivity contribution is 6.67. The molecule has 1 aliphatic rings. The van der Waals surface area contributed by atoms with Crippen LogP contribution in [-0.2, 0) is 9.59 Å². The van der Waals surface area contributed by atoms with E-state index in [1.54, 1.807) is 4.90 Å². The predicted molar refractivity (Wildman–Crippen MR) is 78.9 cm³/mol. The largest absolute Gasteiger partial charge is 0.478 e. The van der Waals surface area contributed by atoms with Crippen molar-refractivity contribution in [2.24, 2.45) is 4.99 Å². The number of hydrogen-bond donors (Lipinski definition) is 4. The average molecular weight is 335 g/mol. The predicted octanol–water partition coefficient (Wildman–Crippen LogP) is -0.116. The standard InChI is InChI=1S/C13H19ClN2O6/c14-12(15-8(13(21)22)6-10(19)20)11(9(18)7-17)16-4-2-1-3-5-16/h6,9,11,17-18H,1-5,7H2,(H,19,20)(H,21,22). The maximum atomic E-state index is 11.0. The lowest BCUT2D eigenvalue weighted by Crippen LogP contribution is -2.50. The molecule has 0 amide bonds. The van der Waals surface area contributed by atoms with E-state index in [1.807, 2.05) is 0 Å². The molecule has 0 aliphatic carbocycles. The number of aliphatic hydroxyl groups is 2. The van der Waals surface area contributed by atoms with E-state index in [2.05, 4.69) is 4.99 Å². The number of hydrogen-bond acceptors (Lipinski definition) is 6. The fraction of sp³-hybridized carbons (Fsp3) is 0.615. The normalized spacial score (nSPS) is 20.5. The fourth-order valence-corrected chi connectivity index (χ4v) is 2.66. The Morgan fingerprint density at radius 1 is 1.23 bits per heavy atom. The van der Waals surface area contributed by atoms with Crippen LogP contribution in [0.3, 0.4) is 0 Å². The van der Waals surface area contributed by atoms with Gasteiger partial charge in [0.15, 0.2) is 5.70 Å². The first-order valence-corrected chi connectivity index (χ1v) is 7.19. The number of piperidine rings is 1. The smallest absolute Gasteiger partial charge is 0.354 e. The van der Waals surface area contributed by atoms with Crippen molar-refractivity contribution in [2.75, 3.05) is 19.7 Å². The quantitative estimate of drug-likeness (QED) is 0.377. The minimum absolute atomic E-state index is 0.265. The fourth-order valence-electron chi connectivity index (χ4n) is 2.29. The average Bonchev–Trinajstić information content (AvgIpc) is 2.47. The van der Waals surface area contributed by atoms with E-state index >= 15 is 0 Å². The van der Waals surface area contributed by atoms with E-state index in [0.717, 1.165) is 19.3 Å². The molecule has 0 aromatic carbocycles. The van der Waals surface area contributed by atoms with E-state index in [0.29, 0.717) is 19.2 Å². The van der Waals surface area contributed by atoms with Gasteiger partial charge in [0.2, 0.25) is 0 Å². The van der Waals surface area contributed by atoms with Crippen LogP contribution in [-0.4, -0.2) is 74.3 Å². The highest BCUT2D eigenvalue weighted by Crippen LogP contribution is 2.18. The topological polar surface area (TPSA) is 131 Å². The third-order valence-electron chi connectivity index (χ3n) is 3.29. The van der Waals surface area contributed by atoms with Crippen LogP contribution in [0.25, 0.3) is 0 Å². The molecule has 0 aromatic rings. The summed E-state index contributed by atoms with van der Waals surface area (Å²) in [7, 11) is 0. The molecule has 1 fully saturated rings. The molecular formula is C13H19ClN2O6. The number of carboxylic acid groups (broad SMARTS) is 2. The molecule has 1 heterocycles. The van der Waals surface area contributed by atoms with Crippen LogP contribution in [0.5, 0.6) is 0 Å². The van der Waals surface area contributed by atoms with Crippen molar-refractivity contribution in [1.29, 1.82) is 0 Å². The van der Waals surface area contributed by atoms with Crippen molar-refractivity contribution in [1.82, 2.24) is 4.90 Å². The summed E-state index contributed by atoms with van der Waals surface area (Å²) >= 11 is 6.02. The van der Waals surface area contributed by atoms with Crippen LogP contribution in [0, 0.1) is 0 Å². The van der Waals surface area contributed by atoms with E-state index in [1.165, 1.54) is 0 Å². The van der Waals surface area contributed by atoms with Crippen LogP contribution in [0.15, 0.2) is 16.8 Å². The first-order valence-electron chi connectivity index (χ1n) is 6.81. The number of aliphatic imine (C=N–C) groups is 1. The molecule has 2 unspecified atom stereocenters. The summed E-state index contributed by atoms with van der Waals surface area (Å²) in [6, 6.07) is -0.872. The van der Waals surface area contributed by atoms with Crippen LogP contribution in [0.4, 0.5) is 0 Å². The Bertz CT molecular complexity index is 473. The van der Waals surface area contributed by atoms with Gasteiger partial charge in [-0.3, -0.25) is 4.90 Å². The summed E-state index contributed by atoms with van der Waals surface area (Å²) in [6.07, 6.45) is 1.98. The molecule has 1 saturated heterocycles. The molecule has 4 N–H and O–H groups in total. The van der Waals surface area contributed by atoms with Gasteiger partial charge in [-0.05, 0) is 25.9 Å². The Kier molecular flexibility index (Phi) is 7.46. The van der Waals surface area contributed by atoms with E-state index in [4.69, 9.17) is 26.9 Å². The van der Waals surface area contributed by atoms with Crippen molar-refractivity contribution in [3.05, 3.63) is 11.8 Å².